The van der Waals surface area contributed by atoms with Gasteiger partial charge in [0.05, 0.1) is 5.69 Å². The number of anilines is 3. The first kappa shape index (κ1) is 15.1. The van der Waals surface area contributed by atoms with Gasteiger partial charge in [-0.2, -0.15) is 0 Å². The van der Waals surface area contributed by atoms with Gasteiger partial charge >= 0.3 is 0 Å². The monoisotopic (exact) mass is 323 g/mol. The van der Waals surface area contributed by atoms with Crippen molar-refractivity contribution in [1.29, 1.82) is 0 Å². The molecule has 0 aliphatic carbocycles. The zero-order valence-corrected chi connectivity index (χ0v) is 13.7. The van der Waals surface area contributed by atoms with Crippen LogP contribution in [0.5, 0.6) is 0 Å². The molecule has 120 valence electrons. The minimum atomic E-state index is 0.881. The summed E-state index contributed by atoms with van der Waals surface area (Å²) in [6.07, 6.45) is 3.63. The second kappa shape index (κ2) is 6.97. The smallest absolute Gasteiger partial charge is 0.137 e. The molecule has 2 heterocycles. The molecule has 25 heavy (non-hydrogen) atoms. The predicted octanol–water partition coefficient (Wildman–Crippen LogP) is 5.61. The first-order valence-corrected chi connectivity index (χ1v) is 8.19. The van der Waals surface area contributed by atoms with Crippen LogP contribution in [0.15, 0.2) is 103 Å². The molecule has 0 bridgehead atoms. The second-order valence-electron chi connectivity index (χ2n) is 5.62. The summed E-state index contributed by atoms with van der Waals surface area (Å²) in [4.78, 5) is 11.2. The fourth-order valence-corrected chi connectivity index (χ4v) is 2.81. The number of pyridine rings is 2. The Hall–Kier alpha value is -3.46. The molecule has 0 aliphatic heterocycles. The third-order valence-corrected chi connectivity index (χ3v) is 3.96. The molecule has 0 radical (unpaired) electrons. The van der Waals surface area contributed by atoms with Crippen LogP contribution in [0.3, 0.4) is 0 Å². The Kier molecular flexibility index (Phi) is 4.21. The first-order chi connectivity index (χ1) is 12.4. The molecule has 2 aromatic heterocycles. The van der Waals surface area contributed by atoms with Gasteiger partial charge in [-0.1, -0.05) is 42.5 Å². The first-order valence-electron chi connectivity index (χ1n) is 8.19. The highest BCUT2D eigenvalue weighted by Crippen LogP contribution is 2.34. The van der Waals surface area contributed by atoms with E-state index in [0.717, 1.165) is 28.5 Å². The van der Waals surface area contributed by atoms with E-state index in [4.69, 9.17) is 0 Å². The minimum absolute atomic E-state index is 0.881. The van der Waals surface area contributed by atoms with Gasteiger partial charge in [-0.05, 0) is 48.5 Å². The van der Waals surface area contributed by atoms with Crippen molar-refractivity contribution in [3.05, 3.63) is 103 Å². The highest BCUT2D eigenvalue weighted by atomic mass is 15.2. The summed E-state index contributed by atoms with van der Waals surface area (Å²) >= 11 is 0. The molecule has 0 unspecified atom stereocenters. The van der Waals surface area contributed by atoms with E-state index in [-0.39, 0.29) is 0 Å². The van der Waals surface area contributed by atoms with Crippen molar-refractivity contribution in [2.24, 2.45) is 0 Å². The molecule has 0 saturated carbocycles. The van der Waals surface area contributed by atoms with Crippen molar-refractivity contribution >= 4 is 17.2 Å². The lowest BCUT2D eigenvalue weighted by Crippen LogP contribution is -2.11. The molecule has 0 amide bonds. The third-order valence-electron chi connectivity index (χ3n) is 3.96. The van der Waals surface area contributed by atoms with E-state index in [1.807, 2.05) is 67.0 Å². The summed E-state index contributed by atoms with van der Waals surface area (Å²) < 4.78 is 0. The maximum atomic E-state index is 4.54. The van der Waals surface area contributed by atoms with Crippen molar-refractivity contribution in [3.63, 3.8) is 0 Å². The summed E-state index contributed by atoms with van der Waals surface area (Å²) in [5.74, 6) is 0.881. The van der Waals surface area contributed by atoms with E-state index in [9.17, 15) is 0 Å². The van der Waals surface area contributed by atoms with Crippen molar-refractivity contribution < 1.29 is 0 Å². The predicted molar refractivity (Wildman–Crippen MR) is 102 cm³/mol. The molecule has 0 spiro atoms. The summed E-state index contributed by atoms with van der Waals surface area (Å²) in [6, 6.07) is 30.5. The van der Waals surface area contributed by atoms with Gasteiger partial charge in [0.25, 0.3) is 0 Å². The lowest BCUT2D eigenvalue weighted by molar-refractivity contribution is 1.18. The Morgan fingerprint density at radius 1 is 0.560 bits per heavy atom. The maximum Gasteiger partial charge on any atom is 0.137 e. The number of nitrogens with zero attached hydrogens (tertiary/aromatic N) is 3. The van der Waals surface area contributed by atoms with Gasteiger partial charge in [0, 0.05) is 29.3 Å². The molecule has 4 rings (SSSR count). The third kappa shape index (κ3) is 3.26. The van der Waals surface area contributed by atoms with Gasteiger partial charge in [0.15, 0.2) is 0 Å². The fourth-order valence-electron chi connectivity index (χ4n) is 2.81. The van der Waals surface area contributed by atoms with Crippen LogP contribution >= 0.6 is 0 Å². The average Bonchev–Trinajstić information content (AvgIpc) is 2.71. The van der Waals surface area contributed by atoms with E-state index < -0.39 is 0 Å². The summed E-state index contributed by atoms with van der Waals surface area (Å²) in [7, 11) is 0. The van der Waals surface area contributed by atoms with E-state index >= 15 is 0 Å². The molecule has 3 nitrogen and oxygen atoms in total. The molecule has 3 heteroatoms. The Morgan fingerprint density at radius 2 is 1.28 bits per heavy atom. The Labute approximate surface area is 147 Å². The Balaban J connectivity index is 1.83. The van der Waals surface area contributed by atoms with Crippen molar-refractivity contribution in [1.82, 2.24) is 9.97 Å². The summed E-state index contributed by atoms with van der Waals surface area (Å²) in [6.45, 7) is 0. The maximum absolute atomic E-state index is 4.54. The number of aromatic nitrogens is 2. The van der Waals surface area contributed by atoms with E-state index in [2.05, 4.69) is 51.3 Å². The highest BCUT2D eigenvalue weighted by Gasteiger charge is 2.13. The van der Waals surface area contributed by atoms with Crippen LogP contribution in [0.1, 0.15) is 0 Å². The average molecular weight is 323 g/mol. The van der Waals surface area contributed by atoms with Crippen LogP contribution in [0, 0.1) is 0 Å². The number of para-hydroxylation sites is 1. The van der Waals surface area contributed by atoms with Gasteiger partial charge in [-0.3, -0.25) is 9.88 Å². The molecule has 0 fully saturated rings. The molecule has 4 aromatic rings. The zero-order chi connectivity index (χ0) is 16.9. The van der Waals surface area contributed by atoms with Crippen LogP contribution in [-0.2, 0) is 0 Å². The van der Waals surface area contributed by atoms with Crippen molar-refractivity contribution in [2.75, 3.05) is 4.90 Å². The van der Waals surface area contributed by atoms with E-state index in [1.165, 1.54) is 0 Å². The van der Waals surface area contributed by atoms with Gasteiger partial charge in [-0.25, -0.2) is 4.98 Å². The molecule has 0 aliphatic rings. The molecular weight excluding hydrogens is 306 g/mol. The fraction of sp³-hybridized carbons (Fsp3) is 0. The number of hydrogen-bond donors (Lipinski definition) is 0. The van der Waals surface area contributed by atoms with Crippen molar-refractivity contribution in [2.45, 2.75) is 0 Å². The normalized spacial score (nSPS) is 10.4. The molecule has 2 aromatic carbocycles. The topological polar surface area (TPSA) is 29.0 Å². The quantitative estimate of drug-likeness (QED) is 0.488. The van der Waals surface area contributed by atoms with Gasteiger partial charge in [-0.15, -0.1) is 0 Å². The largest absolute Gasteiger partial charge is 0.295 e. The van der Waals surface area contributed by atoms with E-state index in [0.29, 0.717) is 0 Å². The van der Waals surface area contributed by atoms with Gasteiger partial charge in [0.1, 0.15) is 5.82 Å². The molecule has 0 atom stereocenters. The van der Waals surface area contributed by atoms with Gasteiger partial charge in [0.2, 0.25) is 0 Å². The zero-order valence-electron chi connectivity index (χ0n) is 13.7. The minimum Gasteiger partial charge on any atom is -0.295 e. The van der Waals surface area contributed by atoms with E-state index in [1.54, 1.807) is 0 Å². The second-order valence-corrected chi connectivity index (χ2v) is 5.62. The number of rotatable bonds is 4. The SMILES string of the molecule is c1ccc(N(c2cccc(-c3ccccn3)c2)c2ccccn2)cc1. The van der Waals surface area contributed by atoms with Crippen LogP contribution in [0.25, 0.3) is 11.3 Å². The Bertz CT molecular complexity index is 899. The van der Waals surface area contributed by atoms with Crippen LogP contribution in [0.4, 0.5) is 17.2 Å². The lowest BCUT2D eigenvalue weighted by Gasteiger charge is -2.24. The highest BCUT2D eigenvalue weighted by molar-refractivity contribution is 5.77. The molecular formula is C22H17N3. The summed E-state index contributed by atoms with van der Waals surface area (Å²) in [5, 5.41) is 0. The lowest BCUT2D eigenvalue weighted by atomic mass is 10.1. The summed E-state index contributed by atoms with van der Waals surface area (Å²) in [5.41, 5.74) is 4.15. The van der Waals surface area contributed by atoms with Crippen LogP contribution in [-0.4, -0.2) is 9.97 Å². The van der Waals surface area contributed by atoms with Crippen LogP contribution < -0.4 is 4.90 Å². The Morgan fingerprint density at radius 3 is 2.00 bits per heavy atom. The molecule has 0 saturated heterocycles. The molecule has 0 N–H and O–H groups in total. The standard InChI is InChI=1S/C22H17N3/c1-2-10-19(11-3-1)25(22-14-5-7-16-24-22)20-12-8-9-18(17-20)21-13-4-6-15-23-21/h1-17H. The number of hydrogen-bond acceptors (Lipinski definition) is 3. The number of benzene rings is 2. The van der Waals surface area contributed by atoms with Crippen LogP contribution in [0.2, 0.25) is 0 Å². The van der Waals surface area contributed by atoms with Crippen molar-refractivity contribution in [3.8, 4) is 11.3 Å². The van der Waals surface area contributed by atoms with Gasteiger partial charge < -0.3 is 0 Å².